The molecule has 0 radical (unpaired) electrons. The number of amides is 4. The van der Waals surface area contributed by atoms with Gasteiger partial charge in [0.05, 0.1) is 5.56 Å². The van der Waals surface area contributed by atoms with Crippen molar-refractivity contribution in [2.24, 2.45) is 5.73 Å². The van der Waals surface area contributed by atoms with E-state index in [1.54, 1.807) is 24.3 Å². The summed E-state index contributed by atoms with van der Waals surface area (Å²) in [5.41, 5.74) is 6.16. The molecule has 0 aromatic heterocycles. The number of benzene rings is 2. The summed E-state index contributed by atoms with van der Waals surface area (Å²) in [4.78, 5) is 34.4. The summed E-state index contributed by atoms with van der Waals surface area (Å²) in [6.07, 6.45) is 0.537. The van der Waals surface area contributed by atoms with Crippen LogP contribution in [-0.2, 0) is 11.3 Å². The number of hydrogen-bond acceptors (Lipinski definition) is 3. The second-order valence-corrected chi connectivity index (χ2v) is 5.95. The third-order valence-electron chi connectivity index (χ3n) is 3.75. The molecule has 0 aliphatic rings. The van der Waals surface area contributed by atoms with Gasteiger partial charge in [0.15, 0.2) is 0 Å². The van der Waals surface area contributed by atoms with Gasteiger partial charge < -0.3 is 21.7 Å². The SMILES string of the molecule is NC(=O)Nc1ccc(CNC(=O)CCCNC(=O)c2ccc(F)cc2F)cc1. The molecule has 0 spiro atoms. The Kier molecular flexibility index (Phi) is 7.44. The van der Waals surface area contributed by atoms with Crippen LogP contribution in [0.3, 0.4) is 0 Å². The lowest BCUT2D eigenvalue weighted by atomic mass is 10.2. The second-order valence-electron chi connectivity index (χ2n) is 5.95. The molecule has 4 amide bonds. The van der Waals surface area contributed by atoms with E-state index in [1.807, 2.05) is 0 Å². The molecule has 7 nitrogen and oxygen atoms in total. The fraction of sp³-hybridized carbons (Fsp3) is 0.211. The second kappa shape index (κ2) is 10.0. The summed E-state index contributed by atoms with van der Waals surface area (Å²) in [7, 11) is 0. The topological polar surface area (TPSA) is 113 Å². The fourth-order valence-electron chi connectivity index (χ4n) is 2.36. The Balaban J connectivity index is 1.67. The summed E-state index contributed by atoms with van der Waals surface area (Å²) >= 11 is 0. The first-order valence-corrected chi connectivity index (χ1v) is 8.50. The van der Waals surface area contributed by atoms with E-state index in [2.05, 4.69) is 16.0 Å². The highest BCUT2D eigenvalue weighted by atomic mass is 19.1. The molecule has 28 heavy (non-hydrogen) atoms. The number of rotatable bonds is 8. The summed E-state index contributed by atoms with van der Waals surface area (Å²) in [6, 6.07) is 8.85. The molecular weight excluding hydrogens is 370 g/mol. The standard InChI is InChI=1S/C19H20F2N4O3/c20-13-5-8-15(16(21)10-13)18(27)23-9-1-2-17(26)24-11-12-3-6-14(7-4-12)25-19(22)28/h3-8,10H,1-2,9,11H2,(H,23,27)(H,24,26)(H3,22,25,28). The van der Waals surface area contributed by atoms with Crippen LogP contribution in [0.25, 0.3) is 0 Å². The Morgan fingerprint density at radius 1 is 0.964 bits per heavy atom. The molecule has 148 valence electrons. The first kappa shape index (κ1) is 20.8. The zero-order chi connectivity index (χ0) is 20.5. The Morgan fingerprint density at radius 3 is 2.32 bits per heavy atom. The highest BCUT2D eigenvalue weighted by Crippen LogP contribution is 2.10. The van der Waals surface area contributed by atoms with Crippen LogP contribution in [0.2, 0.25) is 0 Å². The van der Waals surface area contributed by atoms with E-state index in [1.165, 1.54) is 0 Å². The number of halogens is 2. The van der Waals surface area contributed by atoms with Crippen molar-refractivity contribution in [3.8, 4) is 0 Å². The predicted octanol–water partition coefficient (Wildman–Crippen LogP) is 2.28. The highest BCUT2D eigenvalue weighted by Gasteiger charge is 2.12. The maximum Gasteiger partial charge on any atom is 0.316 e. The number of nitrogens with one attached hydrogen (secondary N) is 3. The van der Waals surface area contributed by atoms with Gasteiger partial charge in [0.2, 0.25) is 5.91 Å². The van der Waals surface area contributed by atoms with Gasteiger partial charge in [0.1, 0.15) is 11.6 Å². The number of hydrogen-bond donors (Lipinski definition) is 4. The van der Waals surface area contributed by atoms with Gasteiger partial charge in [-0.3, -0.25) is 9.59 Å². The largest absolute Gasteiger partial charge is 0.352 e. The maximum atomic E-state index is 13.5. The molecule has 2 rings (SSSR count). The zero-order valence-electron chi connectivity index (χ0n) is 14.9. The molecule has 2 aromatic rings. The van der Waals surface area contributed by atoms with Gasteiger partial charge in [-0.05, 0) is 36.2 Å². The van der Waals surface area contributed by atoms with Crippen molar-refractivity contribution in [2.75, 3.05) is 11.9 Å². The average molecular weight is 390 g/mol. The molecule has 2 aromatic carbocycles. The van der Waals surface area contributed by atoms with Crippen molar-refractivity contribution in [3.63, 3.8) is 0 Å². The lowest BCUT2D eigenvalue weighted by Crippen LogP contribution is -2.28. The first-order chi connectivity index (χ1) is 13.3. The number of carbonyl (C=O) groups is 3. The van der Waals surface area contributed by atoms with Gasteiger partial charge in [-0.15, -0.1) is 0 Å². The molecule has 0 saturated carbocycles. The molecule has 0 aliphatic carbocycles. The van der Waals surface area contributed by atoms with Crippen LogP contribution >= 0.6 is 0 Å². The molecule has 0 bridgehead atoms. The van der Waals surface area contributed by atoms with Crippen LogP contribution in [0, 0.1) is 11.6 Å². The van der Waals surface area contributed by atoms with Crippen LogP contribution in [-0.4, -0.2) is 24.4 Å². The number of primary amides is 1. The summed E-state index contributed by atoms with van der Waals surface area (Å²) < 4.78 is 26.3. The van der Waals surface area contributed by atoms with E-state index >= 15 is 0 Å². The lowest BCUT2D eigenvalue weighted by Gasteiger charge is -2.08. The third-order valence-corrected chi connectivity index (χ3v) is 3.75. The van der Waals surface area contributed by atoms with Crippen molar-refractivity contribution in [3.05, 3.63) is 65.2 Å². The van der Waals surface area contributed by atoms with Crippen molar-refractivity contribution in [1.29, 1.82) is 0 Å². The van der Waals surface area contributed by atoms with E-state index in [9.17, 15) is 23.2 Å². The normalized spacial score (nSPS) is 10.2. The van der Waals surface area contributed by atoms with Gasteiger partial charge in [-0.1, -0.05) is 12.1 Å². The van der Waals surface area contributed by atoms with Crippen LogP contribution in [0.5, 0.6) is 0 Å². The van der Waals surface area contributed by atoms with Gasteiger partial charge in [-0.25, -0.2) is 13.6 Å². The van der Waals surface area contributed by atoms with Crippen LogP contribution in [0.1, 0.15) is 28.8 Å². The van der Waals surface area contributed by atoms with Crippen LogP contribution in [0.4, 0.5) is 19.3 Å². The smallest absolute Gasteiger partial charge is 0.316 e. The van der Waals surface area contributed by atoms with Gasteiger partial charge in [0.25, 0.3) is 5.91 Å². The fourth-order valence-corrected chi connectivity index (χ4v) is 2.36. The maximum absolute atomic E-state index is 13.5. The van der Waals surface area contributed by atoms with E-state index in [4.69, 9.17) is 5.73 Å². The summed E-state index contributed by atoms with van der Waals surface area (Å²) in [6.45, 7) is 0.486. The molecule has 0 unspecified atom stereocenters. The quantitative estimate of drug-likeness (QED) is 0.519. The van der Waals surface area contributed by atoms with Crippen LogP contribution < -0.4 is 21.7 Å². The average Bonchev–Trinajstić information content (AvgIpc) is 2.64. The van der Waals surface area contributed by atoms with Crippen molar-refractivity contribution >= 4 is 23.5 Å². The summed E-state index contributed by atoms with van der Waals surface area (Å²) in [5, 5.41) is 7.65. The molecule has 0 aliphatic heterocycles. The van der Waals surface area contributed by atoms with Gasteiger partial charge >= 0.3 is 6.03 Å². The Morgan fingerprint density at radius 2 is 1.68 bits per heavy atom. The van der Waals surface area contributed by atoms with E-state index in [-0.39, 0.29) is 24.4 Å². The number of urea groups is 1. The van der Waals surface area contributed by atoms with Crippen molar-refractivity contribution in [2.45, 2.75) is 19.4 Å². The lowest BCUT2D eigenvalue weighted by molar-refractivity contribution is -0.121. The Bertz CT molecular complexity index is 857. The minimum absolute atomic E-state index is 0.174. The number of carbonyl (C=O) groups excluding carboxylic acids is 3. The van der Waals surface area contributed by atoms with Crippen molar-refractivity contribution in [1.82, 2.24) is 10.6 Å². The van der Waals surface area contributed by atoms with E-state index in [0.717, 1.165) is 17.7 Å². The van der Waals surface area contributed by atoms with Gasteiger partial charge in [-0.2, -0.15) is 0 Å². The molecule has 0 saturated heterocycles. The van der Waals surface area contributed by atoms with Gasteiger partial charge in [0, 0.05) is 31.3 Å². The molecular formula is C19H20F2N4O3. The van der Waals surface area contributed by atoms with E-state index < -0.39 is 23.6 Å². The van der Waals surface area contributed by atoms with Crippen LogP contribution in [0.15, 0.2) is 42.5 Å². The number of nitrogens with two attached hydrogens (primary N) is 1. The molecule has 0 heterocycles. The minimum Gasteiger partial charge on any atom is -0.352 e. The molecule has 0 atom stereocenters. The third kappa shape index (κ3) is 6.67. The zero-order valence-corrected chi connectivity index (χ0v) is 14.9. The monoisotopic (exact) mass is 390 g/mol. The summed E-state index contributed by atoms with van der Waals surface area (Å²) in [5.74, 6) is -2.57. The van der Waals surface area contributed by atoms with E-state index in [0.29, 0.717) is 24.7 Å². The molecule has 9 heteroatoms. The molecule has 5 N–H and O–H groups in total. The Hall–Kier alpha value is -3.49. The minimum atomic E-state index is -0.938. The number of anilines is 1. The predicted molar refractivity (Wildman–Crippen MR) is 99.4 cm³/mol. The highest BCUT2D eigenvalue weighted by molar-refractivity contribution is 5.94. The Labute approximate surface area is 160 Å². The first-order valence-electron chi connectivity index (χ1n) is 8.50. The van der Waals surface area contributed by atoms with Crippen molar-refractivity contribution < 1.29 is 23.2 Å². The molecule has 0 fully saturated rings.